The molecule has 1 atom stereocenters. The molecule has 2 heterocycles. The second-order valence-corrected chi connectivity index (χ2v) is 10.2. The number of para-hydroxylation sites is 2. The van der Waals surface area contributed by atoms with Crippen LogP contribution in [0.25, 0.3) is 5.69 Å². The number of amides is 1. The highest BCUT2D eigenvalue weighted by Crippen LogP contribution is 2.34. The first-order chi connectivity index (χ1) is 16.4. The van der Waals surface area contributed by atoms with Crippen molar-refractivity contribution in [3.05, 3.63) is 53.1 Å². The van der Waals surface area contributed by atoms with Crippen LogP contribution in [0.1, 0.15) is 42.9 Å². The van der Waals surface area contributed by atoms with E-state index in [4.69, 9.17) is 4.74 Å². The molecule has 0 spiro atoms. The topological polar surface area (TPSA) is 72.3 Å². The predicted octanol–water partition coefficient (Wildman–Crippen LogP) is 5.31. The average molecular weight is 480 g/mol. The molecule has 1 fully saturated rings. The fourth-order valence-electron chi connectivity index (χ4n) is 4.48. The standard InChI is InChI=1S/C26H33N5O2S/c1-17-15-18(2)23(19(3)16-17)27-24(32)20(4)34-26-29-28-25(30-13-9-6-10-14-30)31(26)21-11-7-8-12-22(21)33-5/h7-8,11-12,15-16,20H,6,9-10,13-14H2,1-5H3,(H,27,32). The van der Waals surface area contributed by atoms with E-state index in [9.17, 15) is 4.79 Å². The van der Waals surface area contributed by atoms with Gasteiger partial charge >= 0.3 is 0 Å². The van der Waals surface area contributed by atoms with Crippen molar-refractivity contribution in [1.29, 1.82) is 0 Å². The Morgan fingerprint density at radius 1 is 1.06 bits per heavy atom. The van der Waals surface area contributed by atoms with Crippen LogP contribution < -0.4 is 15.0 Å². The number of hydrogen-bond donors (Lipinski definition) is 1. The molecule has 4 rings (SSSR count). The van der Waals surface area contributed by atoms with Gasteiger partial charge < -0.3 is 15.0 Å². The lowest BCUT2D eigenvalue weighted by Gasteiger charge is -2.28. The number of piperidine rings is 1. The Morgan fingerprint density at radius 3 is 2.41 bits per heavy atom. The largest absolute Gasteiger partial charge is 0.495 e. The number of rotatable bonds is 7. The van der Waals surface area contributed by atoms with Crippen molar-refractivity contribution in [2.45, 2.75) is 57.4 Å². The van der Waals surface area contributed by atoms with Crippen LogP contribution in [0, 0.1) is 20.8 Å². The SMILES string of the molecule is COc1ccccc1-n1c(SC(C)C(=O)Nc2c(C)cc(C)cc2C)nnc1N1CCCCC1. The van der Waals surface area contributed by atoms with Gasteiger partial charge in [-0.25, -0.2) is 0 Å². The molecule has 2 aromatic carbocycles. The monoisotopic (exact) mass is 479 g/mol. The summed E-state index contributed by atoms with van der Waals surface area (Å²) < 4.78 is 7.68. The van der Waals surface area contributed by atoms with Crippen molar-refractivity contribution in [1.82, 2.24) is 14.8 Å². The summed E-state index contributed by atoms with van der Waals surface area (Å²) in [7, 11) is 1.67. The van der Waals surface area contributed by atoms with E-state index in [1.54, 1.807) is 7.11 Å². The van der Waals surface area contributed by atoms with Crippen LogP contribution in [0.3, 0.4) is 0 Å². The summed E-state index contributed by atoms with van der Waals surface area (Å²) in [5.41, 5.74) is 5.06. The zero-order valence-electron chi connectivity index (χ0n) is 20.6. The number of nitrogens with one attached hydrogen (secondary N) is 1. The minimum Gasteiger partial charge on any atom is -0.495 e. The highest BCUT2D eigenvalue weighted by Gasteiger charge is 2.26. The number of aromatic nitrogens is 3. The smallest absolute Gasteiger partial charge is 0.237 e. The van der Waals surface area contributed by atoms with Gasteiger partial charge in [-0.1, -0.05) is 41.6 Å². The summed E-state index contributed by atoms with van der Waals surface area (Å²) in [4.78, 5) is 15.4. The van der Waals surface area contributed by atoms with E-state index in [1.807, 2.05) is 49.6 Å². The molecule has 34 heavy (non-hydrogen) atoms. The summed E-state index contributed by atoms with van der Waals surface area (Å²) in [6.07, 6.45) is 3.50. The van der Waals surface area contributed by atoms with E-state index in [2.05, 4.69) is 39.5 Å². The number of carbonyl (C=O) groups excluding carboxylic acids is 1. The van der Waals surface area contributed by atoms with Crippen LogP contribution >= 0.6 is 11.8 Å². The maximum atomic E-state index is 13.2. The van der Waals surface area contributed by atoms with E-state index >= 15 is 0 Å². The van der Waals surface area contributed by atoms with Gasteiger partial charge in [0.25, 0.3) is 0 Å². The number of aryl methyl sites for hydroxylation is 3. The zero-order valence-corrected chi connectivity index (χ0v) is 21.4. The predicted molar refractivity (Wildman–Crippen MR) is 139 cm³/mol. The molecule has 1 N–H and O–H groups in total. The minimum atomic E-state index is -0.369. The molecule has 3 aromatic rings. The normalized spacial score (nSPS) is 14.7. The summed E-state index contributed by atoms with van der Waals surface area (Å²) in [5, 5.41) is 12.5. The lowest BCUT2D eigenvalue weighted by atomic mass is 10.1. The molecule has 0 saturated carbocycles. The molecule has 8 heteroatoms. The van der Waals surface area contributed by atoms with Crippen molar-refractivity contribution in [3.8, 4) is 11.4 Å². The Hall–Kier alpha value is -3.00. The molecule has 180 valence electrons. The maximum absolute atomic E-state index is 13.2. The van der Waals surface area contributed by atoms with Gasteiger partial charge in [0.1, 0.15) is 5.75 Å². The zero-order chi connectivity index (χ0) is 24.2. The van der Waals surface area contributed by atoms with Crippen LogP contribution in [-0.2, 0) is 4.79 Å². The highest BCUT2D eigenvalue weighted by atomic mass is 32.2. The number of ether oxygens (including phenoxy) is 1. The highest BCUT2D eigenvalue weighted by molar-refractivity contribution is 8.00. The van der Waals surface area contributed by atoms with E-state index in [0.717, 1.165) is 60.1 Å². The first-order valence-corrected chi connectivity index (χ1v) is 12.7. The van der Waals surface area contributed by atoms with Crippen LogP contribution in [0.4, 0.5) is 11.6 Å². The van der Waals surface area contributed by atoms with Crippen molar-refractivity contribution < 1.29 is 9.53 Å². The average Bonchev–Trinajstić information content (AvgIpc) is 3.24. The van der Waals surface area contributed by atoms with Gasteiger partial charge in [0.05, 0.1) is 18.0 Å². The molecule has 1 saturated heterocycles. The van der Waals surface area contributed by atoms with Gasteiger partial charge in [-0.15, -0.1) is 10.2 Å². The van der Waals surface area contributed by atoms with Crippen molar-refractivity contribution in [2.24, 2.45) is 0 Å². The van der Waals surface area contributed by atoms with E-state index in [0.29, 0.717) is 5.16 Å². The molecule has 1 aromatic heterocycles. The lowest BCUT2D eigenvalue weighted by Crippen LogP contribution is -2.32. The molecule has 1 aliphatic heterocycles. The third kappa shape index (κ3) is 5.06. The fourth-order valence-corrected chi connectivity index (χ4v) is 5.33. The number of anilines is 2. The Labute approximate surface area is 205 Å². The second-order valence-electron chi connectivity index (χ2n) is 8.86. The molecule has 7 nitrogen and oxygen atoms in total. The molecule has 0 aliphatic carbocycles. The molecule has 1 amide bonds. The maximum Gasteiger partial charge on any atom is 0.237 e. The van der Waals surface area contributed by atoms with Crippen molar-refractivity contribution in [3.63, 3.8) is 0 Å². The number of carbonyl (C=O) groups is 1. The quantitative estimate of drug-likeness (QED) is 0.463. The van der Waals surface area contributed by atoms with Crippen LogP contribution in [0.5, 0.6) is 5.75 Å². The summed E-state index contributed by atoms with van der Waals surface area (Å²) in [6, 6.07) is 12.0. The molecular formula is C26H33N5O2S. The summed E-state index contributed by atoms with van der Waals surface area (Å²) in [5.74, 6) is 1.48. The van der Waals surface area contributed by atoms with Gasteiger partial charge in [-0.3, -0.25) is 9.36 Å². The minimum absolute atomic E-state index is 0.0610. The number of methoxy groups -OCH3 is 1. The fraction of sp³-hybridized carbons (Fsp3) is 0.423. The summed E-state index contributed by atoms with van der Waals surface area (Å²) >= 11 is 1.41. The Morgan fingerprint density at radius 2 is 1.74 bits per heavy atom. The van der Waals surface area contributed by atoms with Crippen LogP contribution in [0.2, 0.25) is 0 Å². The number of thioether (sulfide) groups is 1. The third-order valence-electron chi connectivity index (χ3n) is 6.16. The first-order valence-electron chi connectivity index (χ1n) is 11.8. The Balaban J connectivity index is 1.64. The van der Waals surface area contributed by atoms with Crippen LogP contribution in [-0.4, -0.2) is 46.1 Å². The molecular weight excluding hydrogens is 446 g/mol. The number of hydrogen-bond acceptors (Lipinski definition) is 6. The molecule has 0 radical (unpaired) electrons. The van der Waals surface area contributed by atoms with Crippen molar-refractivity contribution in [2.75, 3.05) is 30.4 Å². The Bertz CT molecular complexity index is 1150. The van der Waals surface area contributed by atoms with Gasteiger partial charge in [-0.05, 0) is 70.2 Å². The number of nitrogens with zero attached hydrogens (tertiary/aromatic N) is 4. The lowest BCUT2D eigenvalue weighted by molar-refractivity contribution is -0.115. The van der Waals surface area contributed by atoms with Gasteiger partial charge in [0.2, 0.25) is 11.9 Å². The van der Waals surface area contributed by atoms with Gasteiger partial charge in [-0.2, -0.15) is 0 Å². The van der Waals surface area contributed by atoms with Gasteiger partial charge in [0.15, 0.2) is 5.16 Å². The Kier molecular flexibility index (Phi) is 7.46. The van der Waals surface area contributed by atoms with Crippen LogP contribution in [0.15, 0.2) is 41.6 Å². The third-order valence-corrected chi connectivity index (χ3v) is 7.20. The van der Waals surface area contributed by atoms with Crippen molar-refractivity contribution >= 4 is 29.3 Å². The second kappa shape index (κ2) is 10.5. The van der Waals surface area contributed by atoms with E-state index in [1.165, 1.54) is 23.7 Å². The number of benzene rings is 2. The summed E-state index contributed by atoms with van der Waals surface area (Å²) in [6.45, 7) is 9.91. The van der Waals surface area contributed by atoms with E-state index < -0.39 is 0 Å². The molecule has 1 aliphatic rings. The molecule has 0 bridgehead atoms. The first kappa shape index (κ1) is 24.1. The van der Waals surface area contributed by atoms with Gasteiger partial charge in [0, 0.05) is 18.8 Å². The molecule has 1 unspecified atom stereocenters. The van der Waals surface area contributed by atoms with E-state index in [-0.39, 0.29) is 11.2 Å².